The fraction of sp³-hybridized carbons (Fsp3) is 0.500. The summed E-state index contributed by atoms with van der Waals surface area (Å²) in [5, 5.41) is 11.1. The number of carbonyl (C=O) groups excluding carboxylic acids is 1. The molecule has 0 bridgehead atoms. The summed E-state index contributed by atoms with van der Waals surface area (Å²) in [5.41, 5.74) is 1.71. The summed E-state index contributed by atoms with van der Waals surface area (Å²) in [6.07, 6.45) is 3.91. The maximum absolute atomic E-state index is 12.3. The van der Waals surface area contributed by atoms with Gasteiger partial charge in [-0.15, -0.1) is 0 Å². The van der Waals surface area contributed by atoms with Crippen molar-refractivity contribution in [2.24, 2.45) is 0 Å². The number of amides is 2. The van der Waals surface area contributed by atoms with Gasteiger partial charge in [0.15, 0.2) is 0 Å². The Hall–Kier alpha value is -1.88. The van der Waals surface area contributed by atoms with Gasteiger partial charge in [0.25, 0.3) is 0 Å². The lowest BCUT2D eigenvalue weighted by molar-refractivity contribution is 0.119. The molecule has 3 rings (SSSR count). The van der Waals surface area contributed by atoms with E-state index >= 15 is 0 Å². The molecule has 1 unspecified atom stereocenters. The minimum Gasteiger partial charge on any atom is -0.383 e. The van der Waals surface area contributed by atoms with Crippen molar-refractivity contribution in [2.45, 2.75) is 31.2 Å². The summed E-state index contributed by atoms with van der Waals surface area (Å²) in [6.45, 7) is 0.976. The summed E-state index contributed by atoms with van der Waals surface area (Å²) in [5.74, 6) is 0.304. The molecule has 1 aromatic carbocycles. The molecule has 5 nitrogen and oxygen atoms in total. The second-order valence-corrected chi connectivity index (χ2v) is 5.67. The first kappa shape index (κ1) is 14.1. The predicted octanol–water partition coefficient (Wildman–Crippen LogP) is 2.26. The molecule has 1 aromatic rings. The minimum atomic E-state index is -0.636. The number of urea groups is 1. The number of amidine groups is 1. The van der Waals surface area contributed by atoms with Gasteiger partial charge in [0.2, 0.25) is 0 Å². The average Bonchev–Trinajstić information content (AvgIpc) is 2.64. The van der Waals surface area contributed by atoms with Crippen LogP contribution in [0.3, 0.4) is 0 Å². The van der Waals surface area contributed by atoms with Gasteiger partial charge in [0.1, 0.15) is 11.4 Å². The summed E-state index contributed by atoms with van der Waals surface area (Å²) in [4.78, 5) is 14.1. The highest BCUT2D eigenvalue weighted by atomic mass is 16.5. The van der Waals surface area contributed by atoms with Crippen LogP contribution in [0.1, 0.15) is 30.4 Å². The van der Waals surface area contributed by atoms with Gasteiger partial charge in [-0.1, -0.05) is 24.3 Å². The van der Waals surface area contributed by atoms with E-state index in [1.807, 2.05) is 12.1 Å². The van der Waals surface area contributed by atoms with Crippen LogP contribution in [0, 0.1) is 5.41 Å². The normalized spacial score (nSPS) is 24.9. The number of fused-ring (bicyclic) bond motifs is 2. The second-order valence-electron chi connectivity index (χ2n) is 5.67. The topological polar surface area (TPSA) is 65.4 Å². The van der Waals surface area contributed by atoms with Crippen LogP contribution in [0.15, 0.2) is 24.3 Å². The molecule has 21 heavy (non-hydrogen) atoms. The van der Waals surface area contributed by atoms with Crippen LogP contribution >= 0.6 is 0 Å². The van der Waals surface area contributed by atoms with Crippen molar-refractivity contribution in [1.29, 1.82) is 5.41 Å². The third-order valence-corrected chi connectivity index (χ3v) is 4.57. The van der Waals surface area contributed by atoms with E-state index in [9.17, 15) is 4.79 Å². The maximum Gasteiger partial charge on any atom is 0.324 e. The summed E-state index contributed by atoms with van der Waals surface area (Å²) >= 11 is 0. The van der Waals surface area contributed by atoms with Gasteiger partial charge in [0.05, 0.1) is 6.61 Å². The second kappa shape index (κ2) is 5.48. The highest BCUT2D eigenvalue weighted by Crippen LogP contribution is 2.42. The largest absolute Gasteiger partial charge is 0.383 e. The van der Waals surface area contributed by atoms with E-state index in [0.717, 1.165) is 31.2 Å². The molecule has 1 atom stereocenters. The third-order valence-electron chi connectivity index (χ3n) is 4.57. The Labute approximate surface area is 124 Å². The molecule has 2 amide bonds. The lowest BCUT2D eigenvalue weighted by Crippen LogP contribution is -2.48. The third kappa shape index (κ3) is 2.12. The van der Waals surface area contributed by atoms with Crippen molar-refractivity contribution in [3.05, 3.63) is 35.4 Å². The number of nitrogens with zero attached hydrogens (tertiary/aromatic N) is 1. The minimum absolute atomic E-state index is 0.186. The lowest BCUT2D eigenvalue weighted by Gasteiger charge is -2.37. The Morgan fingerprint density at radius 1 is 1.38 bits per heavy atom. The van der Waals surface area contributed by atoms with Crippen LogP contribution in [-0.4, -0.2) is 37.0 Å². The highest BCUT2D eigenvalue weighted by Gasteiger charge is 2.52. The van der Waals surface area contributed by atoms with E-state index in [4.69, 9.17) is 10.1 Å². The standard InChI is InChI=1S/C16H21N3O2/c1-21-11-10-19-15(20)18-14(17)16(19)9-5-4-7-12-6-2-3-8-13(12)16/h2-3,6,8H,4-5,7,9-11H2,1H3,(H2,17,18,20). The zero-order valence-electron chi connectivity index (χ0n) is 12.3. The van der Waals surface area contributed by atoms with E-state index in [1.165, 1.54) is 5.56 Å². The maximum atomic E-state index is 12.3. The first-order valence-corrected chi connectivity index (χ1v) is 7.45. The van der Waals surface area contributed by atoms with E-state index in [2.05, 4.69) is 17.4 Å². The van der Waals surface area contributed by atoms with Crippen LogP contribution in [-0.2, 0) is 16.7 Å². The lowest BCUT2D eigenvalue weighted by atomic mass is 9.82. The van der Waals surface area contributed by atoms with Gasteiger partial charge >= 0.3 is 6.03 Å². The first-order valence-electron chi connectivity index (χ1n) is 7.45. The molecule has 0 aromatic heterocycles. The zero-order valence-corrected chi connectivity index (χ0v) is 12.3. The predicted molar refractivity (Wildman–Crippen MR) is 80.5 cm³/mol. The van der Waals surface area contributed by atoms with E-state index < -0.39 is 5.54 Å². The van der Waals surface area contributed by atoms with Gasteiger partial charge in [0, 0.05) is 13.7 Å². The number of ether oxygens (including phenoxy) is 1. The van der Waals surface area contributed by atoms with Crippen molar-refractivity contribution in [2.75, 3.05) is 20.3 Å². The SMILES string of the molecule is COCCN1C(=O)NC(=N)C12CCCCc1ccccc12. The Morgan fingerprint density at radius 2 is 2.19 bits per heavy atom. The summed E-state index contributed by atoms with van der Waals surface area (Å²) < 4.78 is 5.15. The van der Waals surface area contributed by atoms with Crippen LogP contribution < -0.4 is 5.32 Å². The summed E-state index contributed by atoms with van der Waals surface area (Å²) in [6, 6.07) is 8.03. The molecule has 1 fully saturated rings. The number of rotatable bonds is 3. The van der Waals surface area contributed by atoms with E-state index in [1.54, 1.807) is 12.0 Å². The number of nitrogens with one attached hydrogen (secondary N) is 2. The fourth-order valence-electron chi connectivity index (χ4n) is 3.57. The number of benzene rings is 1. The van der Waals surface area contributed by atoms with Crippen molar-refractivity contribution >= 4 is 11.9 Å². The van der Waals surface area contributed by atoms with Crippen LogP contribution in [0.5, 0.6) is 0 Å². The molecule has 1 heterocycles. The average molecular weight is 287 g/mol. The smallest absolute Gasteiger partial charge is 0.324 e. The molecule has 2 N–H and O–H groups in total. The highest BCUT2D eigenvalue weighted by molar-refractivity contribution is 6.09. The number of methoxy groups -OCH3 is 1. The molecule has 2 aliphatic rings. The molecule has 112 valence electrons. The first-order chi connectivity index (χ1) is 10.2. The van der Waals surface area contributed by atoms with Gasteiger partial charge in [-0.05, 0) is 36.8 Å². The summed E-state index contributed by atoms with van der Waals surface area (Å²) in [7, 11) is 1.63. The molecule has 1 aliphatic carbocycles. The molecule has 1 spiro atoms. The van der Waals surface area contributed by atoms with Crippen LogP contribution in [0.4, 0.5) is 4.79 Å². The molecule has 1 saturated heterocycles. The van der Waals surface area contributed by atoms with Crippen molar-refractivity contribution in [1.82, 2.24) is 10.2 Å². The molecular weight excluding hydrogens is 266 g/mol. The van der Waals surface area contributed by atoms with Crippen molar-refractivity contribution in [3.63, 3.8) is 0 Å². The van der Waals surface area contributed by atoms with Gasteiger partial charge in [-0.2, -0.15) is 0 Å². The molecule has 0 saturated carbocycles. The van der Waals surface area contributed by atoms with Crippen LogP contribution in [0.25, 0.3) is 0 Å². The Kier molecular flexibility index (Phi) is 3.68. The fourth-order valence-corrected chi connectivity index (χ4v) is 3.57. The van der Waals surface area contributed by atoms with Crippen molar-refractivity contribution < 1.29 is 9.53 Å². The van der Waals surface area contributed by atoms with Crippen molar-refractivity contribution in [3.8, 4) is 0 Å². The Morgan fingerprint density at radius 3 is 3.00 bits per heavy atom. The molecule has 0 radical (unpaired) electrons. The van der Waals surface area contributed by atoms with E-state index in [-0.39, 0.29) is 6.03 Å². The monoisotopic (exact) mass is 287 g/mol. The van der Waals surface area contributed by atoms with Crippen LogP contribution in [0.2, 0.25) is 0 Å². The van der Waals surface area contributed by atoms with Gasteiger partial charge in [-0.25, -0.2) is 4.79 Å². The number of hydrogen-bond acceptors (Lipinski definition) is 3. The quantitative estimate of drug-likeness (QED) is 0.895. The number of hydrogen-bond donors (Lipinski definition) is 2. The molecular formula is C16H21N3O2. The van der Waals surface area contributed by atoms with Gasteiger partial charge in [-0.3, -0.25) is 10.7 Å². The molecule has 5 heteroatoms. The Bertz CT molecular complexity index is 572. The number of aryl methyl sites for hydroxylation is 1. The Balaban J connectivity index is 2.11. The molecule has 1 aliphatic heterocycles. The van der Waals surface area contributed by atoms with Gasteiger partial charge < -0.3 is 9.64 Å². The number of carbonyl (C=O) groups is 1. The van der Waals surface area contributed by atoms with E-state index in [0.29, 0.717) is 19.0 Å². The zero-order chi connectivity index (χ0) is 14.9.